The van der Waals surface area contributed by atoms with Crippen molar-refractivity contribution >= 4 is 17.5 Å². The van der Waals surface area contributed by atoms with Gasteiger partial charge in [0.25, 0.3) is 5.69 Å². The van der Waals surface area contributed by atoms with Crippen molar-refractivity contribution in [2.75, 3.05) is 12.3 Å². The van der Waals surface area contributed by atoms with Crippen LogP contribution in [-0.2, 0) is 4.74 Å². The molecule has 1 aromatic carbocycles. The van der Waals surface area contributed by atoms with Gasteiger partial charge in [-0.15, -0.1) is 0 Å². The van der Waals surface area contributed by atoms with Gasteiger partial charge in [0.2, 0.25) is 0 Å². The summed E-state index contributed by atoms with van der Waals surface area (Å²) in [6, 6.07) is 3.52. The minimum Gasteiger partial charge on any atom is -0.444 e. The van der Waals surface area contributed by atoms with Gasteiger partial charge in [-0.1, -0.05) is 0 Å². The molecule has 0 bridgehead atoms. The number of hydrogen-bond acceptors (Lipinski definition) is 7. The molecule has 0 radical (unpaired) electrons. The highest BCUT2D eigenvalue weighted by Gasteiger charge is 2.24. The highest BCUT2D eigenvalue weighted by atomic mass is 16.6. The molecule has 0 saturated carbocycles. The smallest absolute Gasteiger partial charge is 0.407 e. The number of nitrogens with two attached hydrogens (primary N) is 1. The lowest BCUT2D eigenvalue weighted by Crippen LogP contribution is -2.39. The van der Waals surface area contributed by atoms with Gasteiger partial charge < -0.3 is 26.0 Å². The van der Waals surface area contributed by atoms with Gasteiger partial charge in [-0.3, -0.25) is 10.1 Å². The quantitative estimate of drug-likeness (QED) is 0.359. The van der Waals surface area contributed by atoms with Gasteiger partial charge in [0, 0.05) is 29.9 Å². The third-order valence-corrected chi connectivity index (χ3v) is 2.82. The van der Waals surface area contributed by atoms with Crippen LogP contribution in [0.25, 0.3) is 0 Å². The van der Waals surface area contributed by atoms with Crippen LogP contribution in [0.1, 0.15) is 32.4 Å². The lowest BCUT2D eigenvalue weighted by atomic mass is 10.0. The van der Waals surface area contributed by atoms with Gasteiger partial charge in [0.15, 0.2) is 0 Å². The molecule has 5 N–H and O–H groups in total. The van der Waals surface area contributed by atoms with Crippen molar-refractivity contribution < 1.29 is 24.7 Å². The molecule has 0 aliphatic heterocycles. The molecule has 0 aliphatic carbocycles. The minimum absolute atomic E-state index is 0.0250. The first kappa shape index (κ1) is 18.7. The van der Waals surface area contributed by atoms with E-state index in [0.29, 0.717) is 0 Å². The number of rotatable bonds is 5. The number of aliphatic hydroxyl groups is 2. The van der Waals surface area contributed by atoms with E-state index in [2.05, 4.69) is 5.32 Å². The van der Waals surface area contributed by atoms with Crippen molar-refractivity contribution in [1.82, 2.24) is 5.32 Å². The van der Waals surface area contributed by atoms with Gasteiger partial charge in [-0.05, 0) is 26.8 Å². The van der Waals surface area contributed by atoms with E-state index in [1.54, 1.807) is 20.8 Å². The predicted molar refractivity (Wildman–Crippen MR) is 82.7 cm³/mol. The summed E-state index contributed by atoms with van der Waals surface area (Å²) in [5, 5.41) is 32.9. The number of alkyl carbamates (subject to hydrolysis) is 1. The maximum atomic E-state index is 11.5. The minimum atomic E-state index is -1.41. The molecule has 2 atom stereocenters. The second-order valence-electron chi connectivity index (χ2n) is 5.97. The molecule has 0 fully saturated rings. The molecule has 0 spiro atoms. The van der Waals surface area contributed by atoms with Gasteiger partial charge in [0.1, 0.15) is 17.8 Å². The van der Waals surface area contributed by atoms with Gasteiger partial charge in [0.05, 0.1) is 4.92 Å². The molecule has 1 rings (SSSR count). The van der Waals surface area contributed by atoms with Crippen LogP contribution in [0.3, 0.4) is 0 Å². The monoisotopic (exact) mass is 327 g/mol. The normalized spacial score (nSPS) is 14.0. The molecular formula is C14H21N3O6. The van der Waals surface area contributed by atoms with Crippen LogP contribution in [0, 0.1) is 10.1 Å². The number of hydrogen-bond donors (Lipinski definition) is 4. The average molecular weight is 327 g/mol. The SMILES string of the molecule is CC(C)(C)OC(=O)NCC(O)C(O)c1ccc([N+](=O)[O-])cc1N. The van der Waals surface area contributed by atoms with Crippen molar-refractivity contribution in [2.45, 2.75) is 38.6 Å². The Hall–Kier alpha value is -2.39. The first-order chi connectivity index (χ1) is 10.5. The van der Waals surface area contributed by atoms with Crippen molar-refractivity contribution in [3.8, 4) is 0 Å². The van der Waals surface area contributed by atoms with E-state index in [-0.39, 0.29) is 23.5 Å². The Morgan fingerprint density at radius 3 is 2.52 bits per heavy atom. The number of ether oxygens (including phenoxy) is 1. The van der Waals surface area contributed by atoms with Crippen LogP contribution < -0.4 is 11.1 Å². The molecule has 128 valence electrons. The number of aliphatic hydroxyl groups excluding tert-OH is 2. The number of benzene rings is 1. The summed E-state index contributed by atoms with van der Waals surface area (Å²) in [5.74, 6) is 0. The number of nitro benzene ring substituents is 1. The third-order valence-electron chi connectivity index (χ3n) is 2.82. The predicted octanol–water partition coefficient (Wildman–Crippen LogP) is 1.10. The zero-order chi connectivity index (χ0) is 17.8. The molecule has 1 amide bonds. The molecule has 9 nitrogen and oxygen atoms in total. The maximum Gasteiger partial charge on any atom is 0.407 e. The summed E-state index contributed by atoms with van der Waals surface area (Å²) < 4.78 is 5.00. The Labute approximate surface area is 133 Å². The fourth-order valence-corrected chi connectivity index (χ4v) is 1.77. The van der Waals surface area contributed by atoms with E-state index in [0.717, 1.165) is 6.07 Å². The number of non-ortho nitro benzene ring substituents is 1. The molecule has 1 aromatic rings. The zero-order valence-electron chi connectivity index (χ0n) is 13.1. The second kappa shape index (κ2) is 7.25. The van der Waals surface area contributed by atoms with Crippen LogP contribution in [0.4, 0.5) is 16.2 Å². The Balaban J connectivity index is 2.68. The molecule has 0 aliphatic rings. The van der Waals surface area contributed by atoms with E-state index < -0.39 is 28.8 Å². The summed E-state index contributed by atoms with van der Waals surface area (Å²) in [5.41, 5.74) is 4.85. The van der Waals surface area contributed by atoms with Crippen LogP contribution in [0.5, 0.6) is 0 Å². The summed E-state index contributed by atoms with van der Waals surface area (Å²) in [7, 11) is 0. The fourth-order valence-electron chi connectivity index (χ4n) is 1.77. The number of carbonyl (C=O) groups is 1. The number of nitro groups is 1. The van der Waals surface area contributed by atoms with Crippen LogP contribution >= 0.6 is 0 Å². The fraction of sp³-hybridized carbons (Fsp3) is 0.500. The molecule has 9 heteroatoms. The van der Waals surface area contributed by atoms with Crippen molar-refractivity contribution in [1.29, 1.82) is 0 Å². The largest absolute Gasteiger partial charge is 0.444 e. The standard InChI is InChI=1S/C14H21N3O6/c1-14(2,3)23-13(20)16-7-11(18)12(19)9-5-4-8(17(21)22)6-10(9)15/h4-6,11-12,18-19H,7,15H2,1-3H3,(H,16,20). The van der Waals surface area contributed by atoms with E-state index in [4.69, 9.17) is 10.5 Å². The molecule has 0 saturated heterocycles. The Morgan fingerprint density at radius 2 is 2.04 bits per heavy atom. The van der Waals surface area contributed by atoms with Crippen molar-refractivity contribution in [3.05, 3.63) is 33.9 Å². The Morgan fingerprint density at radius 1 is 1.43 bits per heavy atom. The Bertz CT molecular complexity index is 584. The van der Waals surface area contributed by atoms with Crippen LogP contribution in [-0.4, -0.2) is 39.5 Å². The van der Waals surface area contributed by atoms with Gasteiger partial charge in [-0.25, -0.2) is 4.79 Å². The zero-order valence-corrected chi connectivity index (χ0v) is 13.1. The van der Waals surface area contributed by atoms with E-state index >= 15 is 0 Å². The van der Waals surface area contributed by atoms with Crippen LogP contribution in [0.2, 0.25) is 0 Å². The van der Waals surface area contributed by atoms with Crippen molar-refractivity contribution in [3.63, 3.8) is 0 Å². The first-order valence-electron chi connectivity index (χ1n) is 6.88. The molecule has 23 heavy (non-hydrogen) atoms. The topological polar surface area (TPSA) is 148 Å². The third kappa shape index (κ3) is 5.72. The number of carbonyl (C=O) groups excluding carboxylic acids is 1. The van der Waals surface area contributed by atoms with Gasteiger partial charge in [-0.2, -0.15) is 0 Å². The number of amides is 1. The number of anilines is 1. The summed E-state index contributed by atoms with van der Waals surface area (Å²) in [6.45, 7) is 4.80. The van der Waals surface area contributed by atoms with E-state index in [1.807, 2.05) is 0 Å². The average Bonchev–Trinajstić information content (AvgIpc) is 2.41. The first-order valence-corrected chi connectivity index (χ1v) is 6.88. The number of nitrogens with one attached hydrogen (secondary N) is 1. The summed E-state index contributed by atoms with van der Waals surface area (Å²) in [4.78, 5) is 21.5. The second-order valence-corrected chi connectivity index (χ2v) is 5.97. The van der Waals surface area contributed by atoms with E-state index in [9.17, 15) is 25.1 Å². The van der Waals surface area contributed by atoms with Crippen LogP contribution in [0.15, 0.2) is 18.2 Å². The highest BCUT2D eigenvalue weighted by molar-refractivity contribution is 5.67. The van der Waals surface area contributed by atoms with Gasteiger partial charge >= 0.3 is 6.09 Å². The summed E-state index contributed by atoms with van der Waals surface area (Å²) in [6.07, 6.45) is -3.50. The lowest BCUT2D eigenvalue weighted by molar-refractivity contribution is -0.384. The molecule has 2 unspecified atom stereocenters. The molecule has 0 heterocycles. The molecule has 0 aromatic heterocycles. The number of nitrogens with zero attached hydrogens (tertiary/aromatic N) is 1. The Kier molecular flexibility index (Phi) is 5.88. The maximum absolute atomic E-state index is 11.5. The lowest BCUT2D eigenvalue weighted by Gasteiger charge is -2.22. The number of nitrogen functional groups attached to an aromatic ring is 1. The highest BCUT2D eigenvalue weighted by Crippen LogP contribution is 2.27. The van der Waals surface area contributed by atoms with Crippen molar-refractivity contribution in [2.24, 2.45) is 0 Å². The molecular weight excluding hydrogens is 306 g/mol. The summed E-state index contributed by atoms with van der Waals surface area (Å²) >= 11 is 0. The van der Waals surface area contributed by atoms with E-state index in [1.165, 1.54) is 12.1 Å².